The smallest absolute Gasteiger partial charge is 0.334 e. The SMILES string of the molecule is C.CN(C1CC1)C1CC=CC=C1CN1C[C@H]2N(C(=O)CN(C)N2C(=O)NCc2ccccc2)[C@@H](Cc2ccc(O)cc2)C1=O. The van der Waals surface area contributed by atoms with E-state index in [1.165, 1.54) is 12.8 Å². The Morgan fingerprint density at radius 3 is 2.48 bits per heavy atom. The molecule has 10 heteroatoms. The van der Waals surface area contributed by atoms with Crippen molar-refractivity contribution >= 4 is 17.8 Å². The largest absolute Gasteiger partial charge is 0.508 e. The van der Waals surface area contributed by atoms with Gasteiger partial charge in [0.05, 0.1) is 13.1 Å². The van der Waals surface area contributed by atoms with Crippen molar-refractivity contribution in [2.75, 3.05) is 33.7 Å². The molecule has 0 spiro atoms. The maximum atomic E-state index is 14.3. The highest BCUT2D eigenvalue weighted by molar-refractivity contribution is 5.91. The quantitative estimate of drug-likeness (QED) is 0.482. The summed E-state index contributed by atoms with van der Waals surface area (Å²) in [5, 5.41) is 16.1. The minimum atomic E-state index is -0.784. The van der Waals surface area contributed by atoms with Gasteiger partial charge in [-0.05, 0) is 55.1 Å². The van der Waals surface area contributed by atoms with Crippen LogP contribution in [0.4, 0.5) is 4.79 Å². The number of amides is 4. The number of benzene rings is 2. The molecule has 2 saturated heterocycles. The Hall–Kier alpha value is -4.15. The van der Waals surface area contributed by atoms with Crippen molar-refractivity contribution in [3.8, 4) is 5.75 Å². The molecular weight excluding hydrogens is 556 g/mol. The Morgan fingerprint density at radius 1 is 1.05 bits per heavy atom. The molecule has 2 N–H and O–H groups in total. The van der Waals surface area contributed by atoms with E-state index in [9.17, 15) is 19.5 Å². The molecular formula is C34H44N6O4. The zero-order chi connectivity index (χ0) is 30.1. The molecule has 2 heterocycles. The Balaban J connectivity index is 0.00000384. The maximum Gasteiger partial charge on any atom is 0.334 e. The van der Waals surface area contributed by atoms with Crippen LogP contribution in [0.1, 0.15) is 37.8 Å². The van der Waals surface area contributed by atoms with Crippen LogP contribution in [-0.4, -0.2) is 106 Å². The molecule has 44 heavy (non-hydrogen) atoms. The van der Waals surface area contributed by atoms with Crippen LogP contribution in [0, 0.1) is 0 Å². The minimum absolute atomic E-state index is 0. The molecule has 2 aliphatic heterocycles. The van der Waals surface area contributed by atoms with Crippen LogP contribution in [0.25, 0.3) is 0 Å². The lowest BCUT2D eigenvalue weighted by molar-refractivity contribution is -0.186. The molecule has 6 rings (SSSR count). The van der Waals surface area contributed by atoms with Crippen LogP contribution in [-0.2, 0) is 22.6 Å². The van der Waals surface area contributed by atoms with Crippen LogP contribution in [0.15, 0.2) is 78.4 Å². The van der Waals surface area contributed by atoms with E-state index in [0.29, 0.717) is 19.1 Å². The fraction of sp³-hybridized carbons (Fsp3) is 0.441. The topological polar surface area (TPSA) is 99.7 Å². The van der Waals surface area contributed by atoms with Crippen LogP contribution < -0.4 is 5.32 Å². The first-order valence-electron chi connectivity index (χ1n) is 15.1. The molecule has 2 aliphatic carbocycles. The molecule has 4 aliphatic rings. The summed E-state index contributed by atoms with van der Waals surface area (Å²) in [6, 6.07) is 16.1. The van der Waals surface area contributed by atoms with Gasteiger partial charge in [0, 0.05) is 38.6 Å². The van der Waals surface area contributed by atoms with Gasteiger partial charge < -0.3 is 20.2 Å². The third-order valence-electron chi connectivity index (χ3n) is 9.02. The molecule has 0 bridgehead atoms. The van der Waals surface area contributed by atoms with Gasteiger partial charge in [-0.15, -0.1) is 0 Å². The fourth-order valence-electron chi connectivity index (χ4n) is 6.56. The summed E-state index contributed by atoms with van der Waals surface area (Å²) in [6.45, 7) is 0.969. The number of fused-ring (bicyclic) bond motifs is 1. The Bertz CT molecular complexity index is 1410. The number of carbonyl (C=O) groups excluding carboxylic acids is 3. The highest BCUT2D eigenvalue weighted by Crippen LogP contribution is 2.33. The number of hydrogen-bond acceptors (Lipinski definition) is 6. The zero-order valence-electron chi connectivity index (χ0n) is 24.8. The number of nitrogens with one attached hydrogen (secondary N) is 1. The first-order valence-corrected chi connectivity index (χ1v) is 15.1. The summed E-state index contributed by atoms with van der Waals surface area (Å²) < 4.78 is 0. The molecule has 0 aromatic heterocycles. The van der Waals surface area contributed by atoms with E-state index >= 15 is 0 Å². The number of phenolic OH excluding ortho intramolecular Hbond substituents is 1. The predicted molar refractivity (Wildman–Crippen MR) is 169 cm³/mol. The lowest BCUT2D eigenvalue weighted by Crippen LogP contribution is -2.76. The van der Waals surface area contributed by atoms with Gasteiger partial charge >= 0.3 is 6.03 Å². The molecule has 2 aromatic carbocycles. The van der Waals surface area contributed by atoms with Crippen molar-refractivity contribution < 1.29 is 19.5 Å². The van der Waals surface area contributed by atoms with E-state index in [1.54, 1.807) is 46.2 Å². The number of hydrogen-bond donors (Lipinski definition) is 2. The predicted octanol–water partition coefficient (Wildman–Crippen LogP) is 3.36. The van der Waals surface area contributed by atoms with E-state index in [4.69, 9.17) is 0 Å². The highest BCUT2D eigenvalue weighted by atomic mass is 16.3. The second kappa shape index (κ2) is 13.2. The normalized spacial score (nSPS) is 23.8. The van der Waals surface area contributed by atoms with E-state index < -0.39 is 12.2 Å². The Labute approximate surface area is 260 Å². The monoisotopic (exact) mass is 600 g/mol. The average molecular weight is 601 g/mol. The number of piperazine rings is 1. The summed E-state index contributed by atoms with van der Waals surface area (Å²) in [5.41, 5.74) is 2.96. The van der Waals surface area contributed by atoms with Crippen LogP contribution >= 0.6 is 0 Å². The number of carbonyl (C=O) groups is 3. The van der Waals surface area contributed by atoms with Gasteiger partial charge in [-0.1, -0.05) is 68.1 Å². The van der Waals surface area contributed by atoms with Crippen molar-refractivity contribution in [3.05, 3.63) is 89.5 Å². The molecule has 0 radical (unpaired) electrons. The third-order valence-corrected chi connectivity index (χ3v) is 9.02. The first-order chi connectivity index (χ1) is 20.8. The second-order valence-electron chi connectivity index (χ2n) is 12.0. The van der Waals surface area contributed by atoms with Crippen molar-refractivity contribution in [2.24, 2.45) is 0 Å². The van der Waals surface area contributed by atoms with E-state index in [0.717, 1.165) is 23.1 Å². The molecule has 2 aromatic rings. The fourth-order valence-corrected chi connectivity index (χ4v) is 6.56. The maximum absolute atomic E-state index is 14.3. The lowest BCUT2D eigenvalue weighted by Gasteiger charge is -2.54. The molecule has 10 nitrogen and oxygen atoms in total. The third kappa shape index (κ3) is 6.51. The minimum Gasteiger partial charge on any atom is -0.508 e. The number of urea groups is 1. The van der Waals surface area contributed by atoms with Gasteiger partial charge in [0.25, 0.3) is 0 Å². The van der Waals surface area contributed by atoms with Gasteiger partial charge in [0.15, 0.2) is 0 Å². The summed E-state index contributed by atoms with van der Waals surface area (Å²) >= 11 is 0. The summed E-state index contributed by atoms with van der Waals surface area (Å²) in [6.07, 6.45) is 9.25. The Kier molecular flexibility index (Phi) is 9.41. The number of allylic oxidation sites excluding steroid dienone is 2. The number of aromatic hydroxyl groups is 1. The van der Waals surface area contributed by atoms with Crippen LogP contribution in [0.2, 0.25) is 0 Å². The average Bonchev–Trinajstić information content (AvgIpc) is 3.85. The zero-order valence-corrected chi connectivity index (χ0v) is 24.8. The van der Waals surface area contributed by atoms with Crippen molar-refractivity contribution in [1.29, 1.82) is 0 Å². The van der Waals surface area contributed by atoms with E-state index in [2.05, 4.69) is 35.5 Å². The molecule has 1 saturated carbocycles. The number of likely N-dealkylation sites (N-methyl/N-ethyl adjacent to an activating group) is 2. The van der Waals surface area contributed by atoms with E-state index in [-0.39, 0.29) is 56.6 Å². The number of rotatable bonds is 8. The molecule has 1 unspecified atom stereocenters. The van der Waals surface area contributed by atoms with E-state index in [1.807, 2.05) is 35.2 Å². The second-order valence-corrected chi connectivity index (χ2v) is 12.0. The first kappa shape index (κ1) is 31.3. The van der Waals surface area contributed by atoms with Gasteiger partial charge in [-0.3, -0.25) is 14.5 Å². The van der Waals surface area contributed by atoms with Crippen LogP contribution in [0.5, 0.6) is 5.75 Å². The van der Waals surface area contributed by atoms with Gasteiger partial charge in [-0.2, -0.15) is 0 Å². The summed E-state index contributed by atoms with van der Waals surface area (Å²) in [7, 11) is 3.90. The number of nitrogens with zero attached hydrogens (tertiary/aromatic N) is 5. The standard InChI is InChI=1S/C33H40N6O4.CH4/c1-35-22-31(41)38-29(18-23-12-16-27(40)17-13-23)32(42)37(20-25-10-6-7-11-28(25)36(2)26-14-15-26)21-30(38)39(35)33(43)34-19-24-8-4-3-5-9-24;/h3-10,12-13,16-17,26,28-30,40H,11,14-15,18-22H2,1-2H3,(H,34,43);1H4/t28?,29-,30-;/m0./s1. The lowest BCUT2D eigenvalue weighted by atomic mass is 9.94. The summed E-state index contributed by atoms with van der Waals surface area (Å²) in [4.78, 5) is 47.4. The molecule has 4 amide bonds. The highest BCUT2D eigenvalue weighted by Gasteiger charge is 2.51. The summed E-state index contributed by atoms with van der Waals surface area (Å²) in [5.74, 6) is -0.184. The van der Waals surface area contributed by atoms with Crippen molar-refractivity contribution in [2.45, 2.75) is 63.9 Å². The van der Waals surface area contributed by atoms with Gasteiger partial charge in [-0.25, -0.2) is 14.8 Å². The molecule has 234 valence electrons. The number of phenols is 1. The van der Waals surface area contributed by atoms with Crippen molar-refractivity contribution in [3.63, 3.8) is 0 Å². The van der Waals surface area contributed by atoms with Gasteiger partial charge in [0.2, 0.25) is 11.8 Å². The molecule has 3 fully saturated rings. The van der Waals surface area contributed by atoms with Crippen LogP contribution in [0.3, 0.4) is 0 Å². The number of hydrazine groups is 1. The van der Waals surface area contributed by atoms with Crippen molar-refractivity contribution in [1.82, 2.24) is 30.0 Å². The van der Waals surface area contributed by atoms with Gasteiger partial charge in [0.1, 0.15) is 18.0 Å². The Morgan fingerprint density at radius 2 is 1.77 bits per heavy atom. The molecule has 3 atom stereocenters.